The molecule has 31 heavy (non-hydrogen) atoms. The van der Waals surface area contributed by atoms with Crippen LogP contribution in [0.4, 0.5) is 0 Å². The summed E-state index contributed by atoms with van der Waals surface area (Å²) in [5.41, 5.74) is 1.09. The molecule has 170 valence electrons. The van der Waals surface area contributed by atoms with Gasteiger partial charge in [-0.2, -0.15) is 0 Å². The Morgan fingerprint density at radius 2 is 1.90 bits per heavy atom. The van der Waals surface area contributed by atoms with Gasteiger partial charge in [0.05, 0.1) is 13.7 Å². The number of hydrogen-bond acceptors (Lipinski definition) is 4. The topological polar surface area (TPSA) is 53.1 Å². The van der Waals surface area contributed by atoms with Crippen molar-refractivity contribution in [3.8, 4) is 5.75 Å². The monoisotopic (exact) mass is 427 g/mol. The molecule has 0 spiro atoms. The number of methoxy groups -OCH3 is 1. The fourth-order valence-corrected chi connectivity index (χ4v) is 4.78. The van der Waals surface area contributed by atoms with Crippen LogP contribution in [0.25, 0.3) is 0 Å². The molecule has 3 rings (SSSR count). The maximum Gasteiger partial charge on any atom is 0.236 e. The van der Waals surface area contributed by atoms with E-state index in [4.69, 9.17) is 4.74 Å². The van der Waals surface area contributed by atoms with Crippen molar-refractivity contribution in [2.75, 3.05) is 46.4 Å². The Labute approximate surface area is 186 Å². The van der Waals surface area contributed by atoms with Gasteiger partial charge in [-0.15, -0.1) is 0 Å². The standard InChI is InChI=1S/C25H37N3O3/c1-4-27(5-2)24(29)19-26-15-12-21(13-16-26)23-11-6-7-14-28(25(23)30)18-20-9-8-10-22(17-20)31-3/h6-10,17,21,23H,4-5,11-16,18-19H2,1-3H3. The first kappa shape index (κ1) is 23.3. The van der Waals surface area contributed by atoms with Gasteiger partial charge in [0.1, 0.15) is 5.75 Å². The lowest BCUT2D eigenvalue weighted by Gasteiger charge is -2.36. The van der Waals surface area contributed by atoms with E-state index in [0.717, 1.165) is 56.8 Å². The Bertz CT molecular complexity index is 767. The number of allylic oxidation sites excluding steroid dienone is 1. The zero-order valence-corrected chi connectivity index (χ0v) is 19.3. The van der Waals surface area contributed by atoms with E-state index >= 15 is 0 Å². The van der Waals surface area contributed by atoms with Gasteiger partial charge in [-0.3, -0.25) is 14.5 Å². The highest BCUT2D eigenvalue weighted by Gasteiger charge is 2.34. The predicted octanol–water partition coefficient (Wildman–Crippen LogP) is 3.18. The van der Waals surface area contributed by atoms with Crippen molar-refractivity contribution >= 4 is 11.8 Å². The largest absolute Gasteiger partial charge is 0.497 e. The number of amides is 2. The lowest BCUT2D eigenvalue weighted by atomic mass is 9.81. The van der Waals surface area contributed by atoms with Crippen LogP contribution in [0.3, 0.4) is 0 Å². The van der Waals surface area contributed by atoms with Crippen molar-refractivity contribution in [1.82, 2.24) is 14.7 Å². The maximum absolute atomic E-state index is 13.4. The van der Waals surface area contributed by atoms with Gasteiger partial charge in [-0.25, -0.2) is 0 Å². The summed E-state index contributed by atoms with van der Waals surface area (Å²) in [6, 6.07) is 7.95. The van der Waals surface area contributed by atoms with E-state index in [1.807, 2.05) is 47.9 Å². The van der Waals surface area contributed by atoms with Gasteiger partial charge < -0.3 is 14.5 Å². The highest BCUT2D eigenvalue weighted by Crippen LogP contribution is 2.31. The van der Waals surface area contributed by atoms with E-state index in [0.29, 0.717) is 25.6 Å². The minimum Gasteiger partial charge on any atom is -0.497 e. The number of hydrogen-bond donors (Lipinski definition) is 0. The molecule has 1 aromatic rings. The van der Waals surface area contributed by atoms with Crippen molar-refractivity contribution in [1.29, 1.82) is 0 Å². The van der Waals surface area contributed by atoms with Crippen LogP contribution >= 0.6 is 0 Å². The average molecular weight is 428 g/mol. The fraction of sp³-hybridized carbons (Fsp3) is 0.600. The van der Waals surface area contributed by atoms with Crippen LogP contribution in [0.1, 0.15) is 38.7 Å². The molecule has 0 aromatic heterocycles. The Hall–Kier alpha value is -2.34. The highest BCUT2D eigenvalue weighted by atomic mass is 16.5. The van der Waals surface area contributed by atoms with E-state index in [9.17, 15) is 9.59 Å². The molecule has 1 saturated heterocycles. The molecule has 0 N–H and O–H groups in total. The Morgan fingerprint density at radius 3 is 2.58 bits per heavy atom. The second-order valence-electron chi connectivity index (χ2n) is 8.56. The number of rotatable bonds is 8. The fourth-order valence-electron chi connectivity index (χ4n) is 4.78. The number of ether oxygens (including phenoxy) is 1. The van der Waals surface area contributed by atoms with Crippen molar-refractivity contribution in [2.24, 2.45) is 11.8 Å². The first-order chi connectivity index (χ1) is 15.0. The van der Waals surface area contributed by atoms with Gasteiger partial charge in [0.25, 0.3) is 0 Å². The summed E-state index contributed by atoms with van der Waals surface area (Å²) in [6.07, 6.45) is 7.06. The van der Waals surface area contributed by atoms with Crippen LogP contribution in [0, 0.1) is 11.8 Å². The minimum atomic E-state index is 0.0324. The summed E-state index contributed by atoms with van der Waals surface area (Å²) < 4.78 is 5.33. The molecule has 2 amide bonds. The lowest BCUT2D eigenvalue weighted by Crippen LogP contribution is -2.46. The number of likely N-dealkylation sites (tertiary alicyclic amines) is 1. The molecule has 1 unspecified atom stereocenters. The number of benzene rings is 1. The highest BCUT2D eigenvalue weighted by molar-refractivity contribution is 5.80. The van der Waals surface area contributed by atoms with Crippen LogP contribution < -0.4 is 4.74 Å². The van der Waals surface area contributed by atoms with Crippen molar-refractivity contribution in [3.63, 3.8) is 0 Å². The quantitative estimate of drug-likeness (QED) is 0.598. The number of nitrogens with zero attached hydrogens (tertiary/aromatic N) is 3. The summed E-state index contributed by atoms with van der Waals surface area (Å²) in [4.78, 5) is 31.9. The number of carbonyl (C=O) groups excluding carboxylic acids is 2. The van der Waals surface area contributed by atoms with Gasteiger partial charge in [-0.05, 0) is 69.8 Å². The SMILES string of the molecule is CCN(CC)C(=O)CN1CCC(C2CC=CCN(Cc3cccc(OC)c3)C2=O)CC1. The molecule has 0 bridgehead atoms. The van der Waals surface area contributed by atoms with Gasteiger partial charge in [-0.1, -0.05) is 24.3 Å². The third-order valence-electron chi connectivity index (χ3n) is 6.70. The van der Waals surface area contributed by atoms with E-state index < -0.39 is 0 Å². The zero-order chi connectivity index (χ0) is 22.2. The second kappa shape index (κ2) is 11.3. The van der Waals surface area contributed by atoms with E-state index in [-0.39, 0.29) is 17.7 Å². The van der Waals surface area contributed by atoms with Gasteiger partial charge in [0.2, 0.25) is 11.8 Å². The van der Waals surface area contributed by atoms with Gasteiger partial charge in [0, 0.05) is 32.1 Å². The molecule has 2 aliphatic rings. The van der Waals surface area contributed by atoms with Crippen LogP contribution in [-0.4, -0.2) is 72.9 Å². The van der Waals surface area contributed by atoms with Crippen molar-refractivity contribution in [2.45, 2.75) is 39.7 Å². The van der Waals surface area contributed by atoms with Crippen LogP contribution in [0.2, 0.25) is 0 Å². The normalized spacial score (nSPS) is 20.5. The molecular weight excluding hydrogens is 390 g/mol. The molecular formula is C25H37N3O3. The molecule has 1 aromatic carbocycles. The zero-order valence-electron chi connectivity index (χ0n) is 19.3. The molecule has 0 radical (unpaired) electrons. The predicted molar refractivity (Wildman–Crippen MR) is 123 cm³/mol. The van der Waals surface area contributed by atoms with Gasteiger partial charge in [0.15, 0.2) is 0 Å². The molecule has 6 heteroatoms. The smallest absolute Gasteiger partial charge is 0.236 e. The molecule has 2 heterocycles. The van der Waals surface area contributed by atoms with E-state index in [1.165, 1.54) is 0 Å². The van der Waals surface area contributed by atoms with Gasteiger partial charge >= 0.3 is 0 Å². The second-order valence-corrected chi connectivity index (χ2v) is 8.56. The first-order valence-corrected chi connectivity index (χ1v) is 11.6. The minimum absolute atomic E-state index is 0.0324. The van der Waals surface area contributed by atoms with Crippen LogP contribution in [-0.2, 0) is 16.1 Å². The number of piperidine rings is 1. The summed E-state index contributed by atoms with van der Waals surface area (Å²) in [7, 11) is 1.66. The molecule has 1 fully saturated rings. The third-order valence-corrected chi connectivity index (χ3v) is 6.70. The Balaban J connectivity index is 1.58. The number of carbonyl (C=O) groups is 2. The first-order valence-electron chi connectivity index (χ1n) is 11.6. The average Bonchev–Trinajstić information content (AvgIpc) is 2.97. The Kier molecular flexibility index (Phi) is 8.52. The summed E-state index contributed by atoms with van der Waals surface area (Å²) in [5, 5.41) is 0. The summed E-state index contributed by atoms with van der Waals surface area (Å²) in [6.45, 7) is 9.11. The van der Waals surface area contributed by atoms with Crippen molar-refractivity contribution in [3.05, 3.63) is 42.0 Å². The summed E-state index contributed by atoms with van der Waals surface area (Å²) >= 11 is 0. The third kappa shape index (κ3) is 6.10. The maximum atomic E-state index is 13.4. The molecule has 6 nitrogen and oxygen atoms in total. The molecule has 2 aliphatic heterocycles. The molecule has 0 saturated carbocycles. The molecule has 0 aliphatic carbocycles. The summed E-state index contributed by atoms with van der Waals surface area (Å²) in [5.74, 6) is 1.69. The number of likely N-dealkylation sites (N-methyl/N-ethyl adjacent to an activating group) is 1. The Morgan fingerprint density at radius 1 is 1.16 bits per heavy atom. The van der Waals surface area contributed by atoms with Crippen LogP contribution in [0.15, 0.2) is 36.4 Å². The van der Waals surface area contributed by atoms with E-state index in [2.05, 4.69) is 17.1 Å². The lowest BCUT2D eigenvalue weighted by molar-refractivity contribution is -0.138. The van der Waals surface area contributed by atoms with Crippen LogP contribution in [0.5, 0.6) is 5.75 Å². The van der Waals surface area contributed by atoms with Crippen molar-refractivity contribution < 1.29 is 14.3 Å². The molecule has 1 atom stereocenters. The van der Waals surface area contributed by atoms with E-state index in [1.54, 1.807) is 7.11 Å².